The van der Waals surface area contributed by atoms with E-state index in [1.165, 1.54) is 24.0 Å². The minimum atomic E-state index is 0.454. The van der Waals surface area contributed by atoms with Gasteiger partial charge in [0.1, 0.15) is 0 Å². The predicted molar refractivity (Wildman–Crippen MR) is 69.5 cm³/mol. The maximum atomic E-state index is 3.67. The third kappa shape index (κ3) is 2.73. The summed E-state index contributed by atoms with van der Waals surface area (Å²) in [5.74, 6) is 0. The lowest BCUT2D eigenvalue weighted by Gasteiger charge is -2.19. The van der Waals surface area contributed by atoms with Crippen molar-refractivity contribution < 1.29 is 0 Å². The maximum absolute atomic E-state index is 3.67. The van der Waals surface area contributed by atoms with E-state index < -0.39 is 0 Å². The van der Waals surface area contributed by atoms with Crippen LogP contribution in [0.3, 0.4) is 0 Å². The van der Waals surface area contributed by atoms with Gasteiger partial charge in [0.25, 0.3) is 0 Å². The lowest BCUT2D eigenvalue weighted by Crippen LogP contribution is -2.29. The Morgan fingerprint density at radius 3 is 2.38 bits per heavy atom. The molecular weight excluding hydrogens is 194 g/mol. The normalized spacial score (nSPS) is 17.9. The van der Waals surface area contributed by atoms with Gasteiger partial charge >= 0.3 is 0 Å². The Hall–Kier alpha value is -1.08. The maximum Gasteiger partial charge on any atom is 0.0294 e. The van der Waals surface area contributed by atoms with E-state index >= 15 is 0 Å². The van der Waals surface area contributed by atoms with E-state index in [1.807, 2.05) is 0 Å². The van der Waals surface area contributed by atoms with Gasteiger partial charge in [-0.1, -0.05) is 43.3 Å². The Morgan fingerprint density at radius 1 is 1.19 bits per heavy atom. The molecule has 0 bridgehead atoms. The van der Waals surface area contributed by atoms with Crippen LogP contribution >= 0.6 is 0 Å². The van der Waals surface area contributed by atoms with Crippen LogP contribution in [0.4, 0.5) is 0 Å². The number of rotatable bonds is 4. The first-order chi connectivity index (χ1) is 7.79. The van der Waals surface area contributed by atoms with Crippen LogP contribution in [0.1, 0.15) is 43.9 Å². The number of aryl methyl sites for hydroxylation is 1. The third-order valence-electron chi connectivity index (χ3n) is 3.38. The van der Waals surface area contributed by atoms with Crippen LogP contribution < -0.4 is 5.32 Å². The molecule has 2 rings (SSSR count). The second-order valence-electron chi connectivity index (χ2n) is 4.62. The molecule has 1 N–H and O–H groups in total. The van der Waals surface area contributed by atoms with E-state index in [2.05, 4.69) is 55.6 Å². The summed E-state index contributed by atoms with van der Waals surface area (Å²) in [7, 11) is 0. The molecule has 1 unspecified atom stereocenters. The predicted octanol–water partition coefficient (Wildman–Crippen LogP) is 3.62. The van der Waals surface area contributed by atoms with Crippen molar-refractivity contribution in [1.29, 1.82) is 0 Å². The Kier molecular flexibility index (Phi) is 3.79. The number of nitrogens with one attached hydrogen (secondary N) is 1. The highest BCUT2D eigenvalue weighted by Gasteiger charge is 2.13. The first-order valence-electron chi connectivity index (χ1n) is 6.29. The molecular formula is C15H21N. The Balaban J connectivity index is 1.94. The minimum Gasteiger partial charge on any atom is -0.307 e. The van der Waals surface area contributed by atoms with Crippen LogP contribution in [0, 0.1) is 0 Å². The smallest absolute Gasteiger partial charge is 0.0294 e. The van der Waals surface area contributed by atoms with E-state index in [4.69, 9.17) is 0 Å². The zero-order valence-electron chi connectivity index (χ0n) is 10.2. The molecule has 86 valence electrons. The zero-order chi connectivity index (χ0) is 11.4. The lowest BCUT2D eigenvalue weighted by molar-refractivity contribution is 0.471. The number of benzene rings is 1. The molecule has 0 aliphatic heterocycles. The van der Waals surface area contributed by atoms with Gasteiger partial charge < -0.3 is 5.32 Å². The van der Waals surface area contributed by atoms with E-state index in [0.29, 0.717) is 12.1 Å². The summed E-state index contributed by atoms with van der Waals surface area (Å²) >= 11 is 0. The van der Waals surface area contributed by atoms with Crippen molar-refractivity contribution in [2.75, 3.05) is 0 Å². The van der Waals surface area contributed by atoms with Gasteiger partial charge in [0, 0.05) is 12.1 Å². The summed E-state index contributed by atoms with van der Waals surface area (Å²) in [5, 5.41) is 3.67. The van der Waals surface area contributed by atoms with Gasteiger partial charge in [-0.05, 0) is 37.3 Å². The second-order valence-corrected chi connectivity index (χ2v) is 4.62. The molecule has 1 atom stereocenters. The Morgan fingerprint density at radius 2 is 1.81 bits per heavy atom. The quantitative estimate of drug-likeness (QED) is 0.756. The van der Waals surface area contributed by atoms with Gasteiger partial charge in [0.2, 0.25) is 0 Å². The van der Waals surface area contributed by atoms with Crippen molar-refractivity contribution in [1.82, 2.24) is 5.32 Å². The van der Waals surface area contributed by atoms with Crippen LogP contribution in [-0.2, 0) is 6.42 Å². The van der Waals surface area contributed by atoms with Gasteiger partial charge in [-0.2, -0.15) is 0 Å². The lowest BCUT2D eigenvalue weighted by atomic mass is 10.0. The zero-order valence-corrected chi connectivity index (χ0v) is 10.2. The summed E-state index contributed by atoms with van der Waals surface area (Å²) < 4.78 is 0. The van der Waals surface area contributed by atoms with Crippen molar-refractivity contribution in [2.45, 2.75) is 45.2 Å². The topological polar surface area (TPSA) is 12.0 Å². The molecule has 1 aromatic rings. The Labute approximate surface area is 98.6 Å². The molecule has 1 heteroatoms. The van der Waals surface area contributed by atoms with Crippen molar-refractivity contribution in [3.05, 3.63) is 47.5 Å². The van der Waals surface area contributed by atoms with Crippen LogP contribution in [0.5, 0.6) is 0 Å². The van der Waals surface area contributed by atoms with E-state index in [1.54, 1.807) is 0 Å². The number of hydrogen-bond donors (Lipinski definition) is 1. The molecule has 1 nitrogen and oxygen atoms in total. The molecule has 0 amide bonds. The standard InChI is InChI=1S/C15H21N/c1-3-13-8-10-14(11-9-13)12(2)16-15-6-4-5-7-15/h4-5,8-12,15-16H,3,6-7H2,1-2H3. The van der Waals surface area contributed by atoms with Gasteiger partial charge in [-0.25, -0.2) is 0 Å². The SMILES string of the molecule is CCc1ccc(C(C)NC2CC=CC2)cc1. The van der Waals surface area contributed by atoms with Crippen LogP contribution in [0.15, 0.2) is 36.4 Å². The summed E-state index contributed by atoms with van der Waals surface area (Å²) in [5.41, 5.74) is 2.81. The highest BCUT2D eigenvalue weighted by atomic mass is 14.9. The van der Waals surface area contributed by atoms with Crippen molar-refractivity contribution in [2.24, 2.45) is 0 Å². The van der Waals surface area contributed by atoms with Crippen LogP contribution in [0.25, 0.3) is 0 Å². The Bertz CT molecular complexity index is 342. The van der Waals surface area contributed by atoms with Crippen LogP contribution in [0.2, 0.25) is 0 Å². The van der Waals surface area contributed by atoms with Crippen molar-refractivity contribution in [3.8, 4) is 0 Å². The molecule has 0 radical (unpaired) electrons. The molecule has 0 spiro atoms. The van der Waals surface area contributed by atoms with Gasteiger partial charge in [-0.3, -0.25) is 0 Å². The molecule has 0 saturated heterocycles. The molecule has 1 aromatic carbocycles. The van der Waals surface area contributed by atoms with Gasteiger partial charge in [-0.15, -0.1) is 0 Å². The van der Waals surface area contributed by atoms with Gasteiger partial charge in [0.15, 0.2) is 0 Å². The van der Waals surface area contributed by atoms with Crippen LogP contribution in [-0.4, -0.2) is 6.04 Å². The molecule has 1 aliphatic rings. The monoisotopic (exact) mass is 215 g/mol. The molecule has 0 fully saturated rings. The average Bonchev–Trinajstić information content (AvgIpc) is 2.82. The summed E-state index contributed by atoms with van der Waals surface area (Å²) in [6.45, 7) is 4.44. The van der Waals surface area contributed by atoms with Crippen molar-refractivity contribution >= 4 is 0 Å². The minimum absolute atomic E-state index is 0.454. The largest absolute Gasteiger partial charge is 0.307 e. The van der Waals surface area contributed by atoms with E-state index in [-0.39, 0.29) is 0 Å². The van der Waals surface area contributed by atoms with E-state index in [9.17, 15) is 0 Å². The molecule has 16 heavy (non-hydrogen) atoms. The first-order valence-corrected chi connectivity index (χ1v) is 6.29. The summed E-state index contributed by atoms with van der Waals surface area (Å²) in [4.78, 5) is 0. The summed E-state index contributed by atoms with van der Waals surface area (Å²) in [6, 6.07) is 10.1. The highest BCUT2D eigenvalue weighted by Crippen LogP contribution is 2.18. The average molecular weight is 215 g/mol. The molecule has 0 heterocycles. The third-order valence-corrected chi connectivity index (χ3v) is 3.38. The molecule has 0 saturated carbocycles. The van der Waals surface area contributed by atoms with Crippen molar-refractivity contribution in [3.63, 3.8) is 0 Å². The highest BCUT2D eigenvalue weighted by molar-refractivity contribution is 5.24. The number of hydrogen-bond acceptors (Lipinski definition) is 1. The molecule has 1 aliphatic carbocycles. The fourth-order valence-corrected chi connectivity index (χ4v) is 2.25. The van der Waals surface area contributed by atoms with Gasteiger partial charge in [0.05, 0.1) is 0 Å². The molecule has 0 aromatic heterocycles. The fourth-order valence-electron chi connectivity index (χ4n) is 2.25. The summed E-state index contributed by atoms with van der Waals surface area (Å²) in [6.07, 6.45) is 8.01. The second kappa shape index (κ2) is 5.31. The fraction of sp³-hybridized carbons (Fsp3) is 0.467. The first kappa shape index (κ1) is 11.4. The van der Waals surface area contributed by atoms with E-state index in [0.717, 1.165) is 6.42 Å².